The van der Waals surface area contributed by atoms with E-state index < -0.39 is 0 Å². The van der Waals surface area contributed by atoms with E-state index in [1.54, 1.807) is 20.4 Å². The van der Waals surface area contributed by atoms with Crippen LogP contribution in [0.4, 0.5) is 0 Å². The van der Waals surface area contributed by atoms with Gasteiger partial charge < -0.3 is 23.5 Å². The van der Waals surface area contributed by atoms with E-state index in [4.69, 9.17) is 18.9 Å². The van der Waals surface area contributed by atoms with Gasteiger partial charge in [-0.25, -0.2) is 9.78 Å². The van der Waals surface area contributed by atoms with Gasteiger partial charge in [0.25, 0.3) is 0 Å². The number of hydrogen-bond donors (Lipinski definition) is 0. The molecule has 7 heteroatoms. The SMILES string of the molecule is CCOC(=O)C(=Cc1ccc(-n2cnc(C)c2)c(OC)c1)CCCC1OCCO1. The van der Waals surface area contributed by atoms with E-state index in [-0.39, 0.29) is 12.3 Å². The first-order chi connectivity index (χ1) is 14.1. The summed E-state index contributed by atoms with van der Waals surface area (Å²) in [5, 5.41) is 0. The average molecular weight is 400 g/mol. The Bertz CT molecular complexity index is 853. The summed E-state index contributed by atoms with van der Waals surface area (Å²) in [6.45, 7) is 5.35. The Labute approximate surface area is 171 Å². The summed E-state index contributed by atoms with van der Waals surface area (Å²) in [5.41, 5.74) is 3.31. The fourth-order valence-electron chi connectivity index (χ4n) is 3.24. The highest BCUT2D eigenvalue weighted by atomic mass is 16.7. The third kappa shape index (κ3) is 5.68. The maximum Gasteiger partial charge on any atom is 0.334 e. The van der Waals surface area contributed by atoms with E-state index in [0.717, 1.165) is 29.8 Å². The van der Waals surface area contributed by atoms with Gasteiger partial charge in [-0.05, 0) is 56.9 Å². The summed E-state index contributed by atoms with van der Waals surface area (Å²) in [7, 11) is 1.63. The molecular formula is C22H28N2O5. The first kappa shape index (κ1) is 21.1. The normalized spacial score (nSPS) is 14.9. The topological polar surface area (TPSA) is 71.8 Å². The molecule has 0 aliphatic carbocycles. The largest absolute Gasteiger partial charge is 0.495 e. The fourth-order valence-corrected chi connectivity index (χ4v) is 3.24. The van der Waals surface area contributed by atoms with Crippen molar-refractivity contribution >= 4 is 12.0 Å². The molecule has 156 valence electrons. The summed E-state index contributed by atoms with van der Waals surface area (Å²) in [5.74, 6) is 0.404. The van der Waals surface area contributed by atoms with Gasteiger partial charge in [-0.1, -0.05) is 6.07 Å². The molecule has 1 saturated heterocycles. The van der Waals surface area contributed by atoms with Crippen molar-refractivity contribution in [1.82, 2.24) is 9.55 Å². The summed E-state index contributed by atoms with van der Waals surface area (Å²) in [6.07, 6.45) is 7.49. The summed E-state index contributed by atoms with van der Waals surface area (Å²) in [6, 6.07) is 5.82. The van der Waals surface area contributed by atoms with Crippen molar-refractivity contribution in [2.24, 2.45) is 0 Å². The van der Waals surface area contributed by atoms with Crippen LogP contribution in [0.1, 0.15) is 37.4 Å². The molecule has 0 N–H and O–H groups in total. The predicted octanol–water partition coefficient (Wildman–Crippen LogP) is 3.68. The van der Waals surface area contributed by atoms with Gasteiger partial charge in [0.15, 0.2) is 6.29 Å². The number of imidazole rings is 1. The summed E-state index contributed by atoms with van der Waals surface area (Å²) in [4.78, 5) is 16.7. The first-order valence-corrected chi connectivity index (χ1v) is 9.90. The standard InChI is InChI=1S/C22H28N2O5/c1-4-27-22(25)18(6-5-7-21-28-10-11-29-21)12-17-8-9-19(20(13-17)26-3)24-14-16(2)23-15-24/h8-9,12-15,21H,4-7,10-11H2,1-3H3. The zero-order valence-electron chi connectivity index (χ0n) is 17.2. The number of rotatable bonds is 9. The molecule has 7 nitrogen and oxygen atoms in total. The van der Waals surface area contributed by atoms with E-state index in [1.807, 2.05) is 42.0 Å². The second-order valence-electron chi connectivity index (χ2n) is 6.81. The van der Waals surface area contributed by atoms with E-state index in [0.29, 0.717) is 37.6 Å². The van der Waals surface area contributed by atoms with Crippen molar-refractivity contribution in [1.29, 1.82) is 0 Å². The van der Waals surface area contributed by atoms with Crippen LogP contribution < -0.4 is 4.74 Å². The molecule has 2 heterocycles. The smallest absolute Gasteiger partial charge is 0.334 e. The maximum atomic E-state index is 12.4. The Kier molecular flexibility index (Phi) is 7.43. The monoisotopic (exact) mass is 400 g/mol. The molecule has 2 aromatic rings. The fraction of sp³-hybridized carbons (Fsp3) is 0.455. The zero-order valence-corrected chi connectivity index (χ0v) is 17.2. The maximum absolute atomic E-state index is 12.4. The quantitative estimate of drug-likeness (QED) is 0.472. The summed E-state index contributed by atoms with van der Waals surface area (Å²) < 4.78 is 23.6. The van der Waals surface area contributed by atoms with Gasteiger partial charge >= 0.3 is 5.97 Å². The Morgan fingerprint density at radius 2 is 2.14 bits per heavy atom. The van der Waals surface area contributed by atoms with Crippen LogP contribution in [0, 0.1) is 6.92 Å². The van der Waals surface area contributed by atoms with E-state index >= 15 is 0 Å². The number of esters is 1. The van der Waals surface area contributed by atoms with Crippen LogP contribution in [-0.2, 0) is 19.0 Å². The third-order valence-electron chi connectivity index (χ3n) is 4.65. The summed E-state index contributed by atoms with van der Waals surface area (Å²) >= 11 is 0. The molecule has 0 radical (unpaired) electrons. The van der Waals surface area contributed by atoms with Crippen LogP contribution in [0.25, 0.3) is 11.8 Å². The van der Waals surface area contributed by atoms with Crippen LogP contribution in [0.3, 0.4) is 0 Å². The molecule has 0 spiro atoms. The molecule has 0 unspecified atom stereocenters. The average Bonchev–Trinajstić information content (AvgIpc) is 3.39. The Morgan fingerprint density at radius 3 is 2.79 bits per heavy atom. The Morgan fingerprint density at radius 1 is 1.34 bits per heavy atom. The molecule has 1 fully saturated rings. The second kappa shape index (κ2) is 10.2. The van der Waals surface area contributed by atoms with Crippen LogP contribution in [-0.4, -0.2) is 48.7 Å². The molecule has 1 aliphatic rings. The molecule has 0 amide bonds. The van der Waals surface area contributed by atoms with E-state index in [2.05, 4.69) is 4.98 Å². The highest BCUT2D eigenvalue weighted by Gasteiger charge is 2.17. The van der Waals surface area contributed by atoms with Crippen LogP contribution in [0.2, 0.25) is 0 Å². The number of aromatic nitrogens is 2. The third-order valence-corrected chi connectivity index (χ3v) is 4.65. The lowest BCUT2D eigenvalue weighted by Crippen LogP contribution is -2.10. The number of ether oxygens (including phenoxy) is 4. The van der Waals surface area contributed by atoms with Gasteiger partial charge in [-0.3, -0.25) is 0 Å². The molecule has 29 heavy (non-hydrogen) atoms. The van der Waals surface area contributed by atoms with Crippen LogP contribution in [0.5, 0.6) is 5.75 Å². The molecule has 1 aliphatic heterocycles. The lowest BCUT2D eigenvalue weighted by Gasteiger charge is -2.12. The van der Waals surface area contributed by atoms with Gasteiger partial charge in [0.05, 0.1) is 44.6 Å². The predicted molar refractivity (Wildman–Crippen MR) is 109 cm³/mol. The number of carbonyl (C=O) groups is 1. The molecule has 1 aromatic heterocycles. The first-order valence-electron chi connectivity index (χ1n) is 9.90. The number of nitrogens with zero attached hydrogens (tertiary/aromatic N) is 2. The van der Waals surface area contributed by atoms with Gasteiger partial charge in [0, 0.05) is 11.8 Å². The van der Waals surface area contributed by atoms with Gasteiger partial charge in [0.2, 0.25) is 0 Å². The molecule has 0 saturated carbocycles. The van der Waals surface area contributed by atoms with Gasteiger partial charge in [0.1, 0.15) is 5.75 Å². The van der Waals surface area contributed by atoms with Crippen molar-refractivity contribution in [3.63, 3.8) is 0 Å². The molecule has 0 atom stereocenters. The minimum atomic E-state index is -0.297. The number of carbonyl (C=O) groups excluding carboxylic acids is 1. The minimum Gasteiger partial charge on any atom is -0.495 e. The van der Waals surface area contributed by atoms with Crippen LogP contribution >= 0.6 is 0 Å². The lowest BCUT2D eigenvalue weighted by atomic mass is 10.0. The molecule has 1 aromatic carbocycles. The highest BCUT2D eigenvalue weighted by molar-refractivity contribution is 5.93. The number of aryl methyl sites for hydroxylation is 1. The number of benzene rings is 1. The van der Waals surface area contributed by atoms with E-state index in [9.17, 15) is 4.79 Å². The van der Waals surface area contributed by atoms with Crippen LogP contribution in [0.15, 0.2) is 36.3 Å². The second-order valence-corrected chi connectivity index (χ2v) is 6.81. The van der Waals surface area contributed by atoms with Crippen molar-refractivity contribution in [2.75, 3.05) is 26.9 Å². The Hall–Kier alpha value is -2.64. The lowest BCUT2D eigenvalue weighted by molar-refractivity contribution is -0.138. The zero-order chi connectivity index (χ0) is 20.6. The number of hydrogen-bond acceptors (Lipinski definition) is 6. The van der Waals surface area contributed by atoms with Crippen molar-refractivity contribution < 1.29 is 23.7 Å². The highest BCUT2D eigenvalue weighted by Crippen LogP contribution is 2.26. The number of methoxy groups -OCH3 is 1. The van der Waals surface area contributed by atoms with Crippen molar-refractivity contribution in [3.8, 4) is 11.4 Å². The van der Waals surface area contributed by atoms with Gasteiger partial charge in [-0.2, -0.15) is 0 Å². The molecule has 0 bridgehead atoms. The van der Waals surface area contributed by atoms with Crippen molar-refractivity contribution in [2.45, 2.75) is 39.4 Å². The van der Waals surface area contributed by atoms with E-state index in [1.165, 1.54) is 0 Å². The Balaban J connectivity index is 1.78. The van der Waals surface area contributed by atoms with Gasteiger partial charge in [-0.15, -0.1) is 0 Å². The molecular weight excluding hydrogens is 372 g/mol. The molecule has 3 rings (SSSR count). The minimum absolute atomic E-state index is 0.170. The van der Waals surface area contributed by atoms with Crippen molar-refractivity contribution in [3.05, 3.63) is 47.6 Å².